The lowest BCUT2D eigenvalue weighted by Gasteiger charge is -2.34. The predicted octanol–water partition coefficient (Wildman–Crippen LogP) is 5.35. The highest BCUT2D eigenvalue weighted by Crippen LogP contribution is 2.12. The molecule has 1 saturated heterocycles. The van der Waals surface area contributed by atoms with Crippen LogP contribution in [0.2, 0.25) is 0 Å². The minimum absolute atomic E-state index is 0.140. The SMILES string of the molecule is CC(C)(C)OC(=O)CCN1CCN(C(=O)OCc2ccccc2)CCN(CCC(=O)OC(C)(C)C)CCN(C(=O)OCc2ccccc2)CC1. The lowest BCUT2D eigenvalue weighted by Crippen LogP contribution is -2.49. The third-order valence-corrected chi connectivity index (χ3v) is 7.78. The van der Waals surface area contributed by atoms with Crippen LogP contribution >= 0.6 is 0 Å². The van der Waals surface area contributed by atoms with E-state index in [1.165, 1.54) is 0 Å². The Morgan fingerprint density at radius 3 is 1.14 bits per heavy atom. The van der Waals surface area contributed by atoms with Gasteiger partial charge in [-0.3, -0.25) is 19.4 Å². The molecule has 1 heterocycles. The first-order chi connectivity index (χ1) is 23.7. The first-order valence-electron chi connectivity index (χ1n) is 17.5. The molecular weight excluding hydrogens is 640 g/mol. The van der Waals surface area contributed by atoms with Gasteiger partial charge in [0.05, 0.1) is 12.8 Å². The molecule has 2 amide bonds. The van der Waals surface area contributed by atoms with Gasteiger partial charge in [-0.15, -0.1) is 0 Å². The fourth-order valence-electron chi connectivity index (χ4n) is 5.21. The normalized spacial score (nSPS) is 15.7. The molecule has 0 aromatic heterocycles. The Bertz CT molecular complexity index is 1220. The van der Waals surface area contributed by atoms with Crippen LogP contribution in [-0.2, 0) is 41.8 Å². The Hall–Kier alpha value is -4.16. The summed E-state index contributed by atoms with van der Waals surface area (Å²) in [4.78, 5) is 59.6. The second-order valence-electron chi connectivity index (χ2n) is 14.4. The van der Waals surface area contributed by atoms with E-state index in [2.05, 4.69) is 9.80 Å². The van der Waals surface area contributed by atoms with Gasteiger partial charge >= 0.3 is 24.1 Å². The summed E-state index contributed by atoms with van der Waals surface area (Å²) < 4.78 is 22.5. The molecule has 12 heteroatoms. The van der Waals surface area contributed by atoms with Crippen LogP contribution in [0.15, 0.2) is 60.7 Å². The number of amides is 2. The molecule has 0 unspecified atom stereocenters. The van der Waals surface area contributed by atoms with Crippen molar-refractivity contribution in [2.75, 3.05) is 65.4 Å². The standard InChI is InChI=1S/C38H56N4O8/c1-37(2,3)49-33(43)17-19-39-21-25-41(35(45)47-29-31-13-9-7-10-14-31)27-23-40(20-18-34(44)50-38(4,5)6)24-28-42(26-22-39)36(46)48-30-32-15-11-8-12-16-32/h7-16H,17-30H2,1-6H3. The average molecular weight is 697 g/mol. The maximum absolute atomic E-state index is 13.4. The Morgan fingerprint density at radius 2 is 0.840 bits per heavy atom. The molecule has 2 aromatic rings. The first-order valence-corrected chi connectivity index (χ1v) is 17.5. The van der Waals surface area contributed by atoms with Crippen molar-refractivity contribution in [1.29, 1.82) is 0 Å². The molecule has 1 aliphatic heterocycles. The second kappa shape index (κ2) is 19.9. The zero-order valence-electron chi connectivity index (χ0n) is 30.7. The van der Waals surface area contributed by atoms with Crippen LogP contribution in [0, 0.1) is 0 Å². The number of carbonyl (C=O) groups excluding carboxylic acids is 4. The lowest BCUT2D eigenvalue weighted by atomic mass is 10.2. The molecule has 0 aliphatic carbocycles. The van der Waals surface area contributed by atoms with Gasteiger partial charge in [0.15, 0.2) is 0 Å². The molecule has 0 radical (unpaired) electrons. The zero-order valence-corrected chi connectivity index (χ0v) is 30.7. The summed E-state index contributed by atoms with van der Waals surface area (Å²) in [5, 5.41) is 0. The van der Waals surface area contributed by atoms with Crippen molar-refractivity contribution >= 4 is 24.1 Å². The number of benzene rings is 2. The second-order valence-corrected chi connectivity index (χ2v) is 14.4. The summed E-state index contributed by atoms with van der Waals surface area (Å²) in [5.74, 6) is -0.634. The van der Waals surface area contributed by atoms with Crippen LogP contribution in [0.5, 0.6) is 0 Å². The average Bonchev–Trinajstić information content (AvgIpc) is 3.05. The quantitative estimate of drug-likeness (QED) is 0.238. The highest BCUT2D eigenvalue weighted by atomic mass is 16.6. The molecule has 12 nitrogen and oxygen atoms in total. The van der Waals surface area contributed by atoms with E-state index in [1.54, 1.807) is 9.80 Å². The first kappa shape index (κ1) is 40.3. The van der Waals surface area contributed by atoms with Gasteiger partial charge in [0.25, 0.3) is 0 Å². The van der Waals surface area contributed by atoms with Crippen molar-refractivity contribution in [2.45, 2.75) is 78.8 Å². The molecule has 1 fully saturated rings. The molecule has 0 saturated carbocycles. The summed E-state index contributed by atoms with van der Waals surface area (Å²) in [5.41, 5.74) is 0.555. The molecule has 0 N–H and O–H groups in total. The highest BCUT2D eigenvalue weighted by molar-refractivity contribution is 5.70. The van der Waals surface area contributed by atoms with E-state index < -0.39 is 23.4 Å². The van der Waals surface area contributed by atoms with Crippen LogP contribution in [0.4, 0.5) is 9.59 Å². The molecule has 0 atom stereocenters. The monoisotopic (exact) mass is 696 g/mol. The zero-order chi connectivity index (χ0) is 36.6. The number of nitrogens with zero attached hydrogens (tertiary/aromatic N) is 4. The predicted molar refractivity (Wildman–Crippen MR) is 190 cm³/mol. The van der Waals surface area contributed by atoms with Crippen molar-refractivity contribution < 1.29 is 38.1 Å². The summed E-state index contributed by atoms with van der Waals surface area (Å²) in [6.45, 7) is 15.1. The fourth-order valence-corrected chi connectivity index (χ4v) is 5.21. The smallest absolute Gasteiger partial charge is 0.410 e. The number of hydrogen-bond donors (Lipinski definition) is 0. The maximum Gasteiger partial charge on any atom is 0.410 e. The van der Waals surface area contributed by atoms with E-state index in [4.69, 9.17) is 18.9 Å². The largest absolute Gasteiger partial charge is 0.460 e. The molecule has 276 valence electrons. The minimum atomic E-state index is -0.604. The summed E-state index contributed by atoms with van der Waals surface area (Å²) in [7, 11) is 0. The van der Waals surface area contributed by atoms with E-state index in [9.17, 15) is 19.2 Å². The third kappa shape index (κ3) is 16.5. The van der Waals surface area contributed by atoms with Gasteiger partial charge in [-0.2, -0.15) is 0 Å². The maximum atomic E-state index is 13.4. The summed E-state index contributed by atoms with van der Waals surface area (Å²) in [6.07, 6.45) is -0.577. The van der Waals surface area contributed by atoms with Crippen molar-refractivity contribution in [1.82, 2.24) is 19.6 Å². The van der Waals surface area contributed by atoms with E-state index in [1.807, 2.05) is 102 Å². The van der Waals surface area contributed by atoms with Crippen molar-refractivity contribution in [2.24, 2.45) is 0 Å². The van der Waals surface area contributed by atoms with Crippen LogP contribution < -0.4 is 0 Å². The van der Waals surface area contributed by atoms with Crippen LogP contribution in [0.25, 0.3) is 0 Å². The number of hydrogen-bond acceptors (Lipinski definition) is 10. The van der Waals surface area contributed by atoms with E-state index >= 15 is 0 Å². The minimum Gasteiger partial charge on any atom is -0.460 e. The van der Waals surface area contributed by atoms with Crippen LogP contribution in [0.1, 0.15) is 65.5 Å². The molecule has 1 aliphatic rings. The van der Waals surface area contributed by atoms with Gasteiger partial charge < -0.3 is 28.7 Å². The molecule has 3 rings (SSSR count). The van der Waals surface area contributed by atoms with E-state index in [0.717, 1.165) is 11.1 Å². The molecule has 0 spiro atoms. The summed E-state index contributed by atoms with van der Waals surface area (Å²) in [6, 6.07) is 19.0. The van der Waals surface area contributed by atoms with Gasteiger partial charge in [0.2, 0.25) is 0 Å². The number of ether oxygens (including phenoxy) is 4. The number of rotatable bonds is 10. The van der Waals surface area contributed by atoms with Gasteiger partial charge in [-0.1, -0.05) is 60.7 Å². The van der Waals surface area contributed by atoms with Crippen molar-refractivity contribution in [3.8, 4) is 0 Å². The Kier molecular flexibility index (Phi) is 16.0. The number of carbonyl (C=O) groups is 4. The van der Waals surface area contributed by atoms with Gasteiger partial charge in [0, 0.05) is 65.4 Å². The molecule has 0 bridgehead atoms. The van der Waals surface area contributed by atoms with E-state index in [-0.39, 0.29) is 38.0 Å². The molecule has 50 heavy (non-hydrogen) atoms. The van der Waals surface area contributed by atoms with E-state index in [0.29, 0.717) is 65.4 Å². The third-order valence-electron chi connectivity index (χ3n) is 7.78. The van der Waals surface area contributed by atoms with Crippen LogP contribution in [-0.4, -0.2) is 120 Å². The lowest BCUT2D eigenvalue weighted by molar-refractivity contribution is -0.156. The fraction of sp³-hybridized carbons (Fsp3) is 0.579. The number of esters is 2. The summed E-state index contributed by atoms with van der Waals surface area (Å²) >= 11 is 0. The van der Waals surface area contributed by atoms with Gasteiger partial charge in [0.1, 0.15) is 24.4 Å². The Labute approximate surface area is 297 Å². The van der Waals surface area contributed by atoms with Gasteiger partial charge in [-0.25, -0.2) is 9.59 Å². The highest BCUT2D eigenvalue weighted by Gasteiger charge is 2.25. The molecular formula is C38H56N4O8. The van der Waals surface area contributed by atoms with Crippen LogP contribution in [0.3, 0.4) is 0 Å². The molecule has 2 aromatic carbocycles. The van der Waals surface area contributed by atoms with Crippen molar-refractivity contribution in [3.63, 3.8) is 0 Å². The Morgan fingerprint density at radius 1 is 0.520 bits per heavy atom. The Balaban J connectivity index is 1.78. The van der Waals surface area contributed by atoms with Gasteiger partial charge in [-0.05, 0) is 52.7 Å². The van der Waals surface area contributed by atoms with Crippen molar-refractivity contribution in [3.05, 3.63) is 71.8 Å². The topological polar surface area (TPSA) is 118 Å².